The molecule has 0 saturated heterocycles. The number of aromatic amines is 1. The molecule has 5 rings (SSSR count). The number of aliphatic hydroxyl groups is 1. The summed E-state index contributed by atoms with van der Waals surface area (Å²) < 4.78 is 5.80. The highest BCUT2D eigenvalue weighted by atomic mass is 16.5. The lowest BCUT2D eigenvalue weighted by Gasteiger charge is -2.19. The van der Waals surface area contributed by atoms with Crippen LogP contribution in [0.25, 0.3) is 22.0 Å². The lowest BCUT2D eigenvalue weighted by molar-refractivity contribution is 0.0910. The first-order valence-corrected chi connectivity index (χ1v) is 11.7. The number of aliphatic hydroxyl groups excluding tert-OH is 1. The van der Waals surface area contributed by atoms with Crippen LogP contribution >= 0.6 is 0 Å². The van der Waals surface area contributed by atoms with E-state index in [2.05, 4.69) is 41.3 Å². The van der Waals surface area contributed by atoms with Crippen molar-refractivity contribution in [1.29, 1.82) is 0 Å². The first-order valence-electron chi connectivity index (χ1n) is 11.7. The number of fused-ring (bicyclic) bond motifs is 2. The lowest BCUT2D eigenvalue weighted by atomic mass is 10.0. The van der Waals surface area contributed by atoms with Gasteiger partial charge >= 0.3 is 0 Å². The molecule has 0 fully saturated rings. The van der Waals surface area contributed by atoms with E-state index in [-0.39, 0.29) is 18.6 Å². The van der Waals surface area contributed by atoms with E-state index in [1.54, 1.807) is 18.2 Å². The number of rotatable bonds is 7. The van der Waals surface area contributed by atoms with Gasteiger partial charge in [-0.25, -0.2) is 0 Å². The van der Waals surface area contributed by atoms with Gasteiger partial charge in [-0.2, -0.15) is 0 Å². The third-order valence-corrected chi connectivity index (χ3v) is 5.93. The average Bonchev–Trinajstić information content (AvgIpc) is 3.41. The first kappa shape index (κ1) is 24.1. The van der Waals surface area contributed by atoms with Crippen molar-refractivity contribution in [3.8, 4) is 29.2 Å². The Morgan fingerprint density at radius 3 is 2.54 bits per heavy atom. The average molecular weight is 467 g/mol. The Morgan fingerprint density at radius 2 is 1.94 bits per heavy atom. The van der Waals surface area contributed by atoms with Crippen molar-refractivity contribution >= 4 is 16.8 Å². The summed E-state index contributed by atoms with van der Waals surface area (Å²) in [5, 5.41) is 13.8. The van der Waals surface area contributed by atoms with Gasteiger partial charge in [-0.1, -0.05) is 42.3 Å². The Kier molecular flexibility index (Phi) is 7.24. The molecule has 0 aliphatic heterocycles. The number of hydrogen-bond donors (Lipinski definition) is 3. The SMILES string of the molecule is C#Cc1cccc(C(=O)N[C@@H](CO)Cc2c[nH]c3ccccc23)c1OC(C)C.Cc1ccc2cc1-2. The monoisotopic (exact) mass is 466 g/mol. The Labute approximate surface area is 206 Å². The van der Waals surface area contributed by atoms with Crippen molar-refractivity contribution < 1.29 is 14.6 Å². The zero-order valence-corrected chi connectivity index (χ0v) is 20.3. The largest absolute Gasteiger partial charge is 0.489 e. The second-order valence-electron chi connectivity index (χ2n) is 8.94. The highest BCUT2D eigenvalue weighted by Crippen LogP contribution is 2.37. The van der Waals surface area contributed by atoms with Crippen LogP contribution in [0.4, 0.5) is 0 Å². The fourth-order valence-electron chi connectivity index (χ4n) is 4.09. The number of para-hydroxylation sites is 2. The minimum atomic E-state index is -0.437. The molecule has 5 heteroatoms. The third-order valence-electron chi connectivity index (χ3n) is 5.93. The molecule has 1 heterocycles. The Balaban J connectivity index is 0.000000347. The smallest absolute Gasteiger partial charge is 0.255 e. The van der Waals surface area contributed by atoms with E-state index in [0.717, 1.165) is 16.5 Å². The van der Waals surface area contributed by atoms with Crippen LogP contribution in [0.2, 0.25) is 0 Å². The minimum Gasteiger partial charge on any atom is -0.489 e. The highest BCUT2D eigenvalue weighted by molar-refractivity contribution is 5.98. The summed E-state index contributed by atoms with van der Waals surface area (Å²) in [6, 6.07) is 19.2. The normalized spacial score (nSPS) is 11.9. The summed E-state index contributed by atoms with van der Waals surface area (Å²) in [4.78, 5) is 16.1. The van der Waals surface area contributed by atoms with Gasteiger partial charge in [0.25, 0.3) is 5.91 Å². The molecule has 178 valence electrons. The number of terminal acetylenes is 1. The molecule has 1 amide bonds. The zero-order valence-electron chi connectivity index (χ0n) is 20.3. The lowest BCUT2D eigenvalue weighted by Crippen LogP contribution is -2.39. The maximum atomic E-state index is 12.9. The number of aromatic nitrogens is 1. The topological polar surface area (TPSA) is 74.4 Å². The second-order valence-corrected chi connectivity index (χ2v) is 8.94. The molecule has 3 aromatic rings. The van der Waals surface area contributed by atoms with Gasteiger partial charge in [0.05, 0.1) is 29.9 Å². The molecule has 1 aromatic heterocycles. The van der Waals surface area contributed by atoms with Gasteiger partial charge in [-0.3, -0.25) is 4.79 Å². The molecule has 0 unspecified atom stereocenters. The van der Waals surface area contributed by atoms with Crippen LogP contribution in [0.5, 0.6) is 5.75 Å². The predicted molar refractivity (Wildman–Crippen MR) is 141 cm³/mol. The van der Waals surface area contributed by atoms with Gasteiger partial charge in [0.1, 0.15) is 5.75 Å². The van der Waals surface area contributed by atoms with Gasteiger partial charge in [-0.15, -0.1) is 6.42 Å². The first-order chi connectivity index (χ1) is 16.9. The van der Waals surface area contributed by atoms with Gasteiger partial charge in [0.2, 0.25) is 0 Å². The number of benzene rings is 3. The van der Waals surface area contributed by atoms with Crippen molar-refractivity contribution in [2.24, 2.45) is 0 Å². The number of ether oxygens (including phenoxy) is 1. The van der Waals surface area contributed by atoms with Crippen LogP contribution in [-0.2, 0) is 6.42 Å². The van der Waals surface area contributed by atoms with E-state index in [1.807, 2.05) is 44.3 Å². The summed E-state index contributed by atoms with van der Waals surface area (Å²) in [6.45, 7) is 5.72. The van der Waals surface area contributed by atoms with Crippen LogP contribution in [0.1, 0.15) is 40.9 Å². The molecular formula is C30H30N2O3. The van der Waals surface area contributed by atoms with E-state index in [9.17, 15) is 9.90 Å². The minimum absolute atomic E-state index is 0.124. The van der Waals surface area contributed by atoms with Crippen molar-refractivity contribution in [2.45, 2.75) is 39.3 Å². The maximum Gasteiger partial charge on any atom is 0.255 e. The molecule has 0 radical (unpaired) electrons. The molecule has 0 spiro atoms. The van der Waals surface area contributed by atoms with Crippen molar-refractivity contribution in [2.75, 3.05) is 6.61 Å². The van der Waals surface area contributed by atoms with Crippen LogP contribution in [-0.4, -0.2) is 34.8 Å². The van der Waals surface area contributed by atoms with Gasteiger partial charge in [-0.05, 0) is 73.7 Å². The number of H-pyrrole nitrogens is 1. The van der Waals surface area contributed by atoms with Crippen LogP contribution in [0.15, 0.2) is 66.9 Å². The number of hydrogen-bond acceptors (Lipinski definition) is 3. The molecule has 0 saturated carbocycles. The van der Waals surface area contributed by atoms with Crippen molar-refractivity contribution in [3.63, 3.8) is 0 Å². The molecular weight excluding hydrogens is 436 g/mol. The molecule has 1 atom stereocenters. The predicted octanol–water partition coefficient (Wildman–Crippen LogP) is 5.25. The number of amides is 1. The fourth-order valence-corrected chi connectivity index (χ4v) is 4.09. The standard InChI is InChI=1S/C23H24N2O3.C7H6/c1-4-16-8-7-10-20(22(16)28-15(2)3)23(27)25-18(14-26)12-17-13-24-21-11-6-5-9-19(17)21;1-5-2-3-6-4-7(5)6/h1,5-11,13,15,18,24,26H,12,14H2,2-3H3,(H,25,27);2-4H,1H3/t18-;/m1./s1. The van der Waals surface area contributed by atoms with Gasteiger partial charge in [0, 0.05) is 17.1 Å². The number of carbonyl (C=O) groups is 1. The third kappa shape index (κ3) is 5.56. The summed E-state index contributed by atoms with van der Waals surface area (Å²) in [7, 11) is 0. The number of nitrogens with one attached hydrogen (secondary N) is 2. The summed E-state index contributed by atoms with van der Waals surface area (Å²) in [5.74, 6) is 2.62. The van der Waals surface area contributed by atoms with Crippen LogP contribution in [0.3, 0.4) is 0 Å². The van der Waals surface area contributed by atoms with Gasteiger partial charge in [0.15, 0.2) is 0 Å². The molecule has 2 aliphatic rings. The molecule has 5 nitrogen and oxygen atoms in total. The molecule has 3 N–H and O–H groups in total. The van der Waals surface area contributed by atoms with E-state index < -0.39 is 6.04 Å². The maximum absolute atomic E-state index is 12.9. The second kappa shape index (κ2) is 10.5. The summed E-state index contributed by atoms with van der Waals surface area (Å²) in [5.41, 5.74) is 7.29. The summed E-state index contributed by atoms with van der Waals surface area (Å²) in [6.07, 6.45) is 7.85. The molecule has 35 heavy (non-hydrogen) atoms. The molecule has 2 aliphatic carbocycles. The van der Waals surface area contributed by atoms with Crippen LogP contribution in [0, 0.1) is 19.3 Å². The Morgan fingerprint density at radius 1 is 1.14 bits per heavy atom. The fraction of sp³-hybridized carbons (Fsp3) is 0.233. The van der Waals surface area contributed by atoms with E-state index >= 15 is 0 Å². The highest BCUT2D eigenvalue weighted by Gasteiger charge is 2.20. The Bertz CT molecular complexity index is 1390. The van der Waals surface area contributed by atoms with Gasteiger partial charge < -0.3 is 20.1 Å². The zero-order chi connectivity index (χ0) is 24.9. The number of carbonyl (C=O) groups excluding carboxylic acids is 1. The summed E-state index contributed by atoms with van der Waals surface area (Å²) >= 11 is 0. The number of aryl methyl sites for hydroxylation is 1. The van der Waals surface area contributed by atoms with E-state index in [1.165, 1.54) is 16.7 Å². The van der Waals surface area contributed by atoms with Crippen molar-refractivity contribution in [1.82, 2.24) is 10.3 Å². The Hall–Kier alpha value is -4.01. The van der Waals surface area contributed by atoms with E-state index in [4.69, 9.17) is 11.2 Å². The van der Waals surface area contributed by atoms with Crippen molar-refractivity contribution in [3.05, 3.63) is 89.1 Å². The molecule has 0 bridgehead atoms. The molecule has 2 aromatic carbocycles. The van der Waals surface area contributed by atoms with E-state index in [0.29, 0.717) is 23.3 Å². The quantitative estimate of drug-likeness (QED) is 0.287. The van der Waals surface area contributed by atoms with Crippen LogP contribution < -0.4 is 10.1 Å².